The van der Waals surface area contributed by atoms with E-state index in [4.69, 9.17) is 9.26 Å². The lowest BCUT2D eigenvalue weighted by Crippen LogP contribution is -2.25. The third kappa shape index (κ3) is 4.82. The number of nitrogens with zero attached hydrogens (tertiary/aromatic N) is 4. The number of carbonyl (C=O) groups is 1. The van der Waals surface area contributed by atoms with Gasteiger partial charge in [-0.2, -0.15) is 0 Å². The number of halogens is 1. The molecule has 2 bridgehead atoms. The quantitative estimate of drug-likeness (QED) is 0.425. The predicted octanol–water partition coefficient (Wildman–Crippen LogP) is 5.02. The average Bonchev–Trinajstić information content (AvgIpc) is 3.62. The van der Waals surface area contributed by atoms with Crippen molar-refractivity contribution in [2.45, 2.75) is 57.3 Å². The molecule has 34 heavy (non-hydrogen) atoms. The van der Waals surface area contributed by atoms with Crippen LogP contribution >= 0.6 is 11.8 Å². The topological polar surface area (TPSA) is 95.1 Å². The zero-order chi connectivity index (χ0) is 23.7. The number of para-hydroxylation sites is 1. The zero-order valence-corrected chi connectivity index (χ0v) is 20.1. The summed E-state index contributed by atoms with van der Waals surface area (Å²) >= 11 is 1.32. The number of thioether (sulfide) groups is 1. The maximum Gasteiger partial charge on any atom is 0.237 e. The second-order valence-electron chi connectivity index (χ2n) is 9.24. The van der Waals surface area contributed by atoms with Gasteiger partial charge in [0.25, 0.3) is 0 Å². The Hall–Kier alpha value is -2.88. The summed E-state index contributed by atoms with van der Waals surface area (Å²) < 4.78 is 27.0. The molecule has 10 heteroatoms. The lowest BCUT2D eigenvalue weighted by Gasteiger charge is -2.30. The van der Waals surface area contributed by atoms with Crippen molar-refractivity contribution in [3.8, 4) is 5.75 Å². The van der Waals surface area contributed by atoms with Crippen molar-refractivity contribution in [3.05, 3.63) is 47.7 Å². The van der Waals surface area contributed by atoms with E-state index >= 15 is 0 Å². The van der Waals surface area contributed by atoms with Gasteiger partial charge in [-0.25, -0.2) is 4.39 Å². The van der Waals surface area contributed by atoms with Crippen LogP contribution in [0.5, 0.6) is 5.75 Å². The second-order valence-corrected chi connectivity index (χ2v) is 10.2. The largest absolute Gasteiger partial charge is 0.483 e. The number of aromatic nitrogens is 4. The van der Waals surface area contributed by atoms with Crippen molar-refractivity contribution in [1.29, 1.82) is 0 Å². The smallest absolute Gasteiger partial charge is 0.237 e. The first kappa shape index (κ1) is 22.9. The summed E-state index contributed by atoms with van der Waals surface area (Å²) in [4.78, 5) is 12.4. The van der Waals surface area contributed by atoms with Gasteiger partial charge in [-0.3, -0.25) is 14.7 Å². The number of amides is 1. The van der Waals surface area contributed by atoms with Crippen molar-refractivity contribution in [2.24, 2.45) is 17.8 Å². The number of nitrogens with one attached hydrogen (secondary N) is 1. The molecule has 1 N–H and O–H groups in total. The molecule has 2 saturated carbocycles. The number of benzene rings is 1. The maximum absolute atomic E-state index is 14.1. The summed E-state index contributed by atoms with van der Waals surface area (Å²) in [5, 5.41) is 15.9. The van der Waals surface area contributed by atoms with Crippen LogP contribution in [0, 0.1) is 30.5 Å². The average molecular weight is 486 g/mol. The second kappa shape index (κ2) is 9.77. The Morgan fingerprint density at radius 2 is 2.18 bits per heavy atom. The van der Waals surface area contributed by atoms with Gasteiger partial charge in [0.05, 0.1) is 11.4 Å². The van der Waals surface area contributed by atoms with Crippen LogP contribution in [0.25, 0.3) is 0 Å². The van der Waals surface area contributed by atoms with Crippen LogP contribution in [0.3, 0.4) is 0 Å². The number of hydrogen-bond acceptors (Lipinski definition) is 7. The van der Waals surface area contributed by atoms with Crippen LogP contribution in [0.2, 0.25) is 0 Å². The molecule has 0 saturated heterocycles. The molecule has 3 aromatic rings. The normalized spacial score (nSPS) is 22.1. The molecule has 1 aromatic carbocycles. The summed E-state index contributed by atoms with van der Waals surface area (Å²) in [6.07, 6.45) is 5.08. The van der Waals surface area contributed by atoms with E-state index in [0.717, 1.165) is 5.92 Å². The molecule has 4 atom stereocenters. The summed E-state index contributed by atoms with van der Waals surface area (Å²) in [5.41, 5.74) is 0.696. The van der Waals surface area contributed by atoms with Gasteiger partial charge in [0.15, 0.2) is 22.5 Å². The molecule has 0 radical (unpaired) electrons. The molecule has 8 nitrogen and oxygen atoms in total. The van der Waals surface area contributed by atoms with E-state index in [9.17, 15) is 9.18 Å². The first-order valence-corrected chi connectivity index (χ1v) is 12.6. The minimum absolute atomic E-state index is 0.100. The Labute approximate surface area is 201 Å². The van der Waals surface area contributed by atoms with Gasteiger partial charge >= 0.3 is 0 Å². The molecule has 180 valence electrons. The minimum atomic E-state index is -0.413. The number of carbonyl (C=O) groups excluding carboxylic acids is 1. The van der Waals surface area contributed by atoms with Crippen LogP contribution in [0.4, 0.5) is 10.3 Å². The molecule has 0 spiro atoms. The van der Waals surface area contributed by atoms with Crippen LogP contribution in [0.1, 0.15) is 50.2 Å². The summed E-state index contributed by atoms with van der Waals surface area (Å²) in [7, 11) is 0. The Bertz CT molecular complexity index is 1170. The number of ether oxygens (including phenoxy) is 1. The van der Waals surface area contributed by atoms with Crippen molar-refractivity contribution in [3.63, 3.8) is 0 Å². The summed E-state index contributed by atoms with van der Waals surface area (Å²) in [6.45, 7) is 4.09. The van der Waals surface area contributed by atoms with E-state index < -0.39 is 5.82 Å². The van der Waals surface area contributed by atoms with Gasteiger partial charge in [-0.05, 0) is 63.0 Å². The fourth-order valence-electron chi connectivity index (χ4n) is 5.42. The Morgan fingerprint density at radius 1 is 1.32 bits per heavy atom. The molecule has 4 unspecified atom stereocenters. The van der Waals surface area contributed by atoms with Gasteiger partial charge in [0, 0.05) is 12.1 Å². The molecular formula is C24H28FN5O3S. The van der Waals surface area contributed by atoms with Crippen LogP contribution in [0.15, 0.2) is 40.0 Å². The molecule has 1 amide bonds. The predicted molar refractivity (Wildman–Crippen MR) is 125 cm³/mol. The molecule has 2 aromatic heterocycles. The molecule has 2 aliphatic rings. The highest BCUT2D eigenvalue weighted by Gasteiger charge is 2.43. The van der Waals surface area contributed by atoms with Gasteiger partial charge in [0.1, 0.15) is 6.61 Å². The molecule has 2 fully saturated rings. The van der Waals surface area contributed by atoms with E-state index in [2.05, 4.69) is 32.2 Å². The Kier molecular flexibility index (Phi) is 6.58. The first-order chi connectivity index (χ1) is 16.5. The summed E-state index contributed by atoms with van der Waals surface area (Å²) in [6, 6.07) is 8.15. The number of hydrogen-bond donors (Lipinski definition) is 1. The summed E-state index contributed by atoms with van der Waals surface area (Å²) in [5.74, 6) is 2.70. The molecule has 2 heterocycles. The van der Waals surface area contributed by atoms with Gasteiger partial charge in [-0.1, -0.05) is 35.5 Å². The molecule has 5 rings (SSSR count). The lowest BCUT2D eigenvalue weighted by atomic mass is 9.84. The van der Waals surface area contributed by atoms with Crippen molar-refractivity contribution in [2.75, 3.05) is 11.1 Å². The Balaban J connectivity index is 1.32. The van der Waals surface area contributed by atoms with Crippen molar-refractivity contribution < 1.29 is 18.4 Å². The van der Waals surface area contributed by atoms with E-state index in [1.165, 1.54) is 43.5 Å². The number of anilines is 1. The van der Waals surface area contributed by atoms with Crippen LogP contribution in [-0.4, -0.2) is 31.6 Å². The van der Waals surface area contributed by atoms with Gasteiger partial charge < -0.3 is 9.26 Å². The monoisotopic (exact) mass is 485 g/mol. The molecular weight excluding hydrogens is 457 g/mol. The molecule has 2 aliphatic carbocycles. The zero-order valence-electron chi connectivity index (χ0n) is 19.2. The minimum Gasteiger partial charge on any atom is -0.483 e. The molecule has 0 aliphatic heterocycles. The van der Waals surface area contributed by atoms with E-state index in [-0.39, 0.29) is 30.1 Å². The Morgan fingerprint density at radius 3 is 2.88 bits per heavy atom. The van der Waals surface area contributed by atoms with Gasteiger partial charge in [0.2, 0.25) is 11.8 Å². The van der Waals surface area contributed by atoms with E-state index in [1.807, 2.05) is 0 Å². The first-order valence-electron chi connectivity index (χ1n) is 11.6. The number of rotatable bonds is 9. The third-order valence-electron chi connectivity index (χ3n) is 6.97. The van der Waals surface area contributed by atoms with Crippen molar-refractivity contribution in [1.82, 2.24) is 19.9 Å². The van der Waals surface area contributed by atoms with Gasteiger partial charge in [-0.15, -0.1) is 10.2 Å². The van der Waals surface area contributed by atoms with E-state index in [1.54, 1.807) is 31.2 Å². The maximum atomic E-state index is 14.1. The fraction of sp³-hybridized carbons (Fsp3) is 0.500. The standard InChI is InChI=1S/C24H28FN5O3S/c1-14-9-23(33-29-14)26-22(31)13-34-24-28-27-21(12-32-20-6-4-3-5-19(20)25)30(24)15(2)18-11-16-7-8-17(18)10-16/h3-6,9,15-18H,7-8,10-13H2,1-2H3,(H,26,31). The highest BCUT2D eigenvalue weighted by Crippen LogP contribution is 2.52. The highest BCUT2D eigenvalue weighted by molar-refractivity contribution is 7.99. The van der Waals surface area contributed by atoms with Crippen molar-refractivity contribution >= 4 is 23.6 Å². The SMILES string of the molecule is Cc1cc(NC(=O)CSc2nnc(COc3ccccc3F)n2C(C)C2CC3CCC2C3)on1. The third-order valence-corrected chi connectivity index (χ3v) is 7.91. The lowest BCUT2D eigenvalue weighted by molar-refractivity contribution is -0.113. The highest BCUT2D eigenvalue weighted by atomic mass is 32.2. The number of aryl methyl sites for hydroxylation is 1. The fourth-order valence-corrected chi connectivity index (χ4v) is 6.26. The van der Waals surface area contributed by atoms with Crippen LogP contribution in [-0.2, 0) is 11.4 Å². The number of fused-ring (bicyclic) bond motifs is 2. The van der Waals surface area contributed by atoms with Crippen LogP contribution < -0.4 is 10.1 Å². The van der Waals surface area contributed by atoms with E-state index in [0.29, 0.717) is 34.4 Å².